The molecule has 1 aromatic carbocycles. The molecule has 1 aliphatic heterocycles. The Morgan fingerprint density at radius 3 is 2.68 bits per heavy atom. The number of hydrogen-bond donors (Lipinski definition) is 2. The second-order valence-corrected chi connectivity index (χ2v) is 6.71. The lowest BCUT2D eigenvalue weighted by molar-refractivity contribution is -0.143. The molecule has 0 aliphatic carbocycles. The van der Waals surface area contributed by atoms with Crippen LogP contribution in [0, 0.1) is 11.8 Å². The highest BCUT2D eigenvalue weighted by atomic mass is 16.4. The number of fused-ring (bicyclic) bond motifs is 1. The molecule has 132 valence electrons. The van der Waals surface area contributed by atoms with Crippen molar-refractivity contribution in [3.8, 4) is 0 Å². The largest absolute Gasteiger partial charge is 0.481 e. The maximum absolute atomic E-state index is 12.6. The Morgan fingerprint density at radius 1 is 1.20 bits per heavy atom. The van der Waals surface area contributed by atoms with E-state index in [1.54, 1.807) is 37.5 Å². The highest BCUT2D eigenvalue weighted by molar-refractivity contribution is 6.01. The van der Waals surface area contributed by atoms with Crippen molar-refractivity contribution in [2.24, 2.45) is 18.9 Å². The van der Waals surface area contributed by atoms with Gasteiger partial charge in [-0.05, 0) is 30.5 Å². The van der Waals surface area contributed by atoms with Crippen molar-refractivity contribution in [1.82, 2.24) is 9.47 Å². The molecule has 1 saturated heterocycles. The van der Waals surface area contributed by atoms with Gasteiger partial charge in [-0.25, -0.2) is 4.79 Å². The predicted molar refractivity (Wildman–Crippen MR) is 94.7 cm³/mol. The summed E-state index contributed by atoms with van der Waals surface area (Å²) in [4.78, 5) is 37.6. The predicted octanol–water partition coefficient (Wildman–Crippen LogP) is 2.11. The summed E-state index contributed by atoms with van der Waals surface area (Å²) in [5, 5.41) is 13.3. The first-order valence-electron chi connectivity index (χ1n) is 8.24. The van der Waals surface area contributed by atoms with E-state index in [1.807, 2.05) is 6.92 Å². The first-order valence-corrected chi connectivity index (χ1v) is 8.24. The Labute approximate surface area is 144 Å². The molecule has 1 aromatic heterocycles. The van der Waals surface area contributed by atoms with Crippen molar-refractivity contribution < 1.29 is 14.7 Å². The Balaban J connectivity index is 1.86. The molecule has 2 unspecified atom stereocenters. The van der Waals surface area contributed by atoms with Gasteiger partial charge in [0.1, 0.15) is 0 Å². The van der Waals surface area contributed by atoms with Gasteiger partial charge in [0.15, 0.2) is 0 Å². The van der Waals surface area contributed by atoms with E-state index in [2.05, 4.69) is 5.32 Å². The van der Waals surface area contributed by atoms with Crippen LogP contribution in [0.5, 0.6) is 0 Å². The Kier molecular flexibility index (Phi) is 4.48. The topological polar surface area (TPSA) is 91.6 Å². The van der Waals surface area contributed by atoms with Crippen LogP contribution in [-0.4, -0.2) is 39.7 Å². The number of carboxylic acids is 1. The molecule has 0 saturated carbocycles. The van der Waals surface area contributed by atoms with Crippen LogP contribution in [0.15, 0.2) is 35.3 Å². The number of aryl methyl sites for hydroxylation is 1. The lowest BCUT2D eigenvalue weighted by atomic mass is 9.91. The smallest absolute Gasteiger partial charge is 0.321 e. The van der Waals surface area contributed by atoms with Crippen molar-refractivity contribution in [3.63, 3.8) is 0 Å². The van der Waals surface area contributed by atoms with Crippen LogP contribution in [0.2, 0.25) is 0 Å². The lowest BCUT2D eigenvalue weighted by Crippen LogP contribution is -2.47. The number of carboxylic acid groups (broad SMARTS) is 1. The maximum Gasteiger partial charge on any atom is 0.321 e. The van der Waals surface area contributed by atoms with E-state index in [-0.39, 0.29) is 24.1 Å². The summed E-state index contributed by atoms with van der Waals surface area (Å²) in [5.74, 6) is -1.30. The summed E-state index contributed by atoms with van der Waals surface area (Å²) in [6.45, 7) is 2.65. The summed E-state index contributed by atoms with van der Waals surface area (Å²) in [7, 11) is 1.67. The Hall–Kier alpha value is -2.83. The van der Waals surface area contributed by atoms with Crippen LogP contribution >= 0.6 is 0 Å². The summed E-state index contributed by atoms with van der Waals surface area (Å²) in [6.07, 6.45) is 2.23. The van der Waals surface area contributed by atoms with Gasteiger partial charge in [-0.2, -0.15) is 0 Å². The molecule has 3 rings (SSSR count). The number of pyridine rings is 1. The number of amides is 2. The molecule has 2 heterocycles. The van der Waals surface area contributed by atoms with E-state index in [0.29, 0.717) is 29.4 Å². The molecule has 0 bridgehead atoms. The Morgan fingerprint density at radius 2 is 1.96 bits per heavy atom. The molecule has 2 atom stereocenters. The van der Waals surface area contributed by atoms with Gasteiger partial charge >= 0.3 is 12.0 Å². The number of anilines is 1. The van der Waals surface area contributed by atoms with Gasteiger partial charge in [0.2, 0.25) is 0 Å². The number of aromatic nitrogens is 1. The van der Waals surface area contributed by atoms with E-state index in [4.69, 9.17) is 0 Å². The lowest BCUT2D eigenvalue weighted by Gasteiger charge is -2.34. The zero-order valence-electron chi connectivity index (χ0n) is 14.2. The van der Waals surface area contributed by atoms with E-state index < -0.39 is 11.9 Å². The number of nitrogens with one attached hydrogen (secondary N) is 1. The van der Waals surface area contributed by atoms with Crippen molar-refractivity contribution in [1.29, 1.82) is 0 Å². The number of carbonyl (C=O) groups excluding carboxylic acids is 1. The molecule has 2 amide bonds. The molecule has 1 fully saturated rings. The minimum absolute atomic E-state index is 0.125. The van der Waals surface area contributed by atoms with Crippen LogP contribution in [0.25, 0.3) is 10.8 Å². The molecule has 2 aromatic rings. The third-order valence-electron chi connectivity index (χ3n) is 4.66. The number of urea groups is 1. The van der Waals surface area contributed by atoms with Crippen molar-refractivity contribution in [2.75, 3.05) is 18.4 Å². The van der Waals surface area contributed by atoms with E-state index in [1.165, 1.54) is 9.47 Å². The minimum Gasteiger partial charge on any atom is -0.481 e. The second-order valence-electron chi connectivity index (χ2n) is 6.71. The van der Waals surface area contributed by atoms with Gasteiger partial charge in [-0.15, -0.1) is 0 Å². The number of likely N-dealkylation sites (tertiary alicyclic amines) is 1. The minimum atomic E-state index is -0.877. The van der Waals surface area contributed by atoms with Crippen LogP contribution < -0.4 is 10.9 Å². The number of rotatable bonds is 2. The number of piperidine rings is 1. The van der Waals surface area contributed by atoms with Gasteiger partial charge in [0, 0.05) is 37.1 Å². The van der Waals surface area contributed by atoms with E-state index >= 15 is 0 Å². The standard InChI is InChI=1S/C18H21N3O4/c1-11-8-12(17(23)24)10-21(9-11)18(25)19-15-5-3-4-14-13(15)6-7-20(2)16(14)22/h3-7,11-12H,8-10H2,1-2H3,(H,19,25)(H,23,24). The molecular weight excluding hydrogens is 322 g/mol. The van der Waals surface area contributed by atoms with E-state index in [9.17, 15) is 19.5 Å². The summed E-state index contributed by atoms with van der Waals surface area (Å²) in [5.41, 5.74) is 0.413. The first-order chi connectivity index (χ1) is 11.9. The third-order valence-corrected chi connectivity index (χ3v) is 4.66. The third kappa shape index (κ3) is 3.35. The quantitative estimate of drug-likeness (QED) is 0.874. The summed E-state index contributed by atoms with van der Waals surface area (Å²) >= 11 is 0. The van der Waals surface area contributed by atoms with E-state index in [0.717, 1.165) is 0 Å². The normalized spacial score (nSPS) is 20.5. The van der Waals surface area contributed by atoms with Crippen molar-refractivity contribution in [2.45, 2.75) is 13.3 Å². The Bertz CT molecular complexity index is 890. The molecule has 7 heteroatoms. The van der Waals surface area contributed by atoms with Crippen molar-refractivity contribution >= 4 is 28.5 Å². The van der Waals surface area contributed by atoms with Gasteiger partial charge in [0.05, 0.1) is 11.6 Å². The number of benzene rings is 1. The number of aliphatic carboxylic acids is 1. The second kappa shape index (κ2) is 6.58. The average Bonchev–Trinajstić information content (AvgIpc) is 2.58. The molecule has 0 radical (unpaired) electrons. The number of nitrogens with zero attached hydrogens (tertiary/aromatic N) is 2. The number of hydrogen-bond acceptors (Lipinski definition) is 3. The molecular formula is C18H21N3O4. The molecule has 1 aliphatic rings. The molecule has 7 nitrogen and oxygen atoms in total. The summed E-state index contributed by atoms with van der Waals surface area (Å²) in [6, 6.07) is 6.62. The molecule has 25 heavy (non-hydrogen) atoms. The highest BCUT2D eigenvalue weighted by Crippen LogP contribution is 2.24. The van der Waals surface area contributed by atoms with Gasteiger partial charge in [0.25, 0.3) is 5.56 Å². The van der Waals surface area contributed by atoms with Crippen LogP contribution in [-0.2, 0) is 11.8 Å². The average molecular weight is 343 g/mol. The van der Waals surface area contributed by atoms with Gasteiger partial charge < -0.3 is 19.9 Å². The fraction of sp³-hybridized carbons (Fsp3) is 0.389. The zero-order chi connectivity index (χ0) is 18.1. The zero-order valence-corrected chi connectivity index (χ0v) is 14.2. The first kappa shape index (κ1) is 17.0. The highest BCUT2D eigenvalue weighted by Gasteiger charge is 2.32. The fourth-order valence-electron chi connectivity index (χ4n) is 3.37. The maximum atomic E-state index is 12.6. The fourth-order valence-corrected chi connectivity index (χ4v) is 3.37. The monoisotopic (exact) mass is 343 g/mol. The summed E-state index contributed by atoms with van der Waals surface area (Å²) < 4.78 is 1.48. The number of carbonyl (C=O) groups is 2. The SMILES string of the molecule is CC1CC(C(=O)O)CN(C(=O)Nc2cccc3c(=O)n(C)ccc23)C1. The van der Waals surface area contributed by atoms with Gasteiger partial charge in [-0.1, -0.05) is 13.0 Å². The van der Waals surface area contributed by atoms with Crippen LogP contribution in [0.4, 0.5) is 10.5 Å². The van der Waals surface area contributed by atoms with Gasteiger partial charge in [-0.3, -0.25) is 9.59 Å². The van der Waals surface area contributed by atoms with Crippen LogP contribution in [0.3, 0.4) is 0 Å². The molecule has 2 N–H and O–H groups in total. The molecule has 0 spiro atoms. The van der Waals surface area contributed by atoms with Crippen LogP contribution in [0.1, 0.15) is 13.3 Å². The van der Waals surface area contributed by atoms with Crippen molar-refractivity contribution in [3.05, 3.63) is 40.8 Å².